The second kappa shape index (κ2) is 11.7. The molecule has 244 valence electrons. The zero-order chi connectivity index (χ0) is 32.9. The molecule has 0 aliphatic carbocycles. The molecule has 3 amide bonds. The molecule has 45 heavy (non-hydrogen) atoms. The molecule has 9 heteroatoms. The van der Waals surface area contributed by atoms with Crippen LogP contribution in [0.2, 0.25) is 0 Å². The first-order valence-electron chi connectivity index (χ1n) is 16.1. The molecule has 7 atom stereocenters. The van der Waals surface area contributed by atoms with Gasteiger partial charge in [-0.1, -0.05) is 58.0 Å². The maximum atomic E-state index is 14.7. The van der Waals surface area contributed by atoms with Crippen molar-refractivity contribution in [2.75, 3.05) is 18.5 Å². The van der Waals surface area contributed by atoms with E-state index in [1.54, 1.807) is 24.3 Å². The third-order valence-corrected chi connectivity index (χ3v) is 9.84. The minimum Gasteiger partial charge on any atom is -0.494 e. The van der Waals surface area contributed by atoms with E-state index in [9.17, 15) is 19.5 Å². The average Bonchev–Trinajstić information content (AvgIpc) is 3.46. The third-order valence-electron chi connectivity index (χ3n) is 9.84. The van der Waals surface area contributed by atoms with Crippen LogP contribution in [0.15, 0.2) is 54.6 Å². The van der Waals surface area contributed by atoms with Crippen LogP contribution in [0.4, 0.5) is 5.69 Å². The van der Waals surface area contributed by atoms with Gasteiger partial charge >= 0.3 is 0 Å². The van der Waals surface area contributed by atoms with Gasteiger partial charge in [-0.05, 0) is 81.7 Å². The van der Waals surface area contributed by atoms with E-state index in [2.05, 4.69) is 31.4 Å². The highest BCUT2D eigenvalue weighted by Crippen LogP contribution is 2.66. The van der Waals surface area contributed by atoms with E-state index in [0.29, 0.717) is 36.4 Å². The molecule has 2 aromatic carbocycles. The molecule has 3 heterocycles. The molecule has 2 aromatic rings. The summed E-state index contributed by atoms with van der Waals surface area (Å²) in [4.78, 5) is 45.0. The third kappa shape index (κ3) is 5.85. The van der Waals surface area contributed by atoms with Crippen molar-refractivity contribution in [3.05, 3.63) is 60.2 Å². The SMILES string of the molecule is CCOc1ccc(NC(=O)[C@@H]2[C@H]3C(=O)N([C@H](CO)c4ccccc4)C(C(=O)NC(C)(C)CC(C)(C)C)C34CC(C)[C@@]2(C)O4)cc1. The van der Waals surface area contributed by atoms with Crippen molar-refractivity contribution < 1.29 is 29.0 Å². The zero-order valence-corrected chi connectivity index (χ0v) is 27.8. The van der Waals surface area contributed by atoms with E-state index in [4.69, 9.17) is 9.47 Å². The van der Waals surface area contributed by atoms with Crippen molar-refractivity contribution in [1.82, 2.24) is 10.2 Å². The predicted molar refractivity (Wildman–Crippen MR) is 172 cm³/mol. The van der Waals surface area contributed by atoms with E-state index in [1.807, 2.05) is 65.0 Å². The lowest BCUT2D eigenvalue weighted by Crippen LogP contribution is -2.60. The average molecular weight is 620 g/mol. The number of rotatable bonds is 10. The Bertz CT molecular complexity index is 1420. The minimum atomic E-state index is -1.24. The summed E-state index contributed by atoms with van der Waals surface area (Å²) >= 11 is 0. The Morgan fingerprint density at radius 1 is 1.07 bits per heavy atom. The van der Waals surface area contributed by atoms with Gasteiger partial charge in [-0.2, -0.15) is 0 Å². The number of amides is 3. The van der Waals surface area contributed by atoms with Gasteiger partial charge in [-0.15, -0.1) is 0 Å². The van der Waals surface area contributed by atoms with Crippen LogP contribution in [-0.2, 0) is 19.1 Å². The number of aliphatic hydroxyl groups excluding tert-OH is 1. The van der Waals surface area contributed by atoms with E-state index in [0.717, 1.165) is 0 Å². The molecule has 0 saturated carbocycles. The maximum Gasteiger partial charge on any atom is 0.246 e. The van der Waals surface area contributed by atoms with Crippen molar-refractivity contribution in [2.24, 2.45) is 23.2 Å². The monoisotopic (exact) mass is 619 g/mol. The molecule has 5 rings (SSSR count). The summed E-state index contributed by atoms with van der Waals surface area (Å²) in [5, 5.41) is 17.0. The van der Waals surface area contributed by atoms with Crippen LogP contribution in [0.5, 0.6) is 5.75 Å². The molecule has 1 spiro atoms. The Balaban J connectivity index is 1.56. The van der Waals surface area contributed by atoms with Gasteiger partial charge in [0.05, 0.1) is 36.7 Å². The summed E-state index contributed by atoms with van der Waals surface area (Å²) in [5.41, 5.74) is -1.57. The fourth-order valence-corrected chi connectivity index (χ4v) is 8.53. The standard InChI is InChI=1S/C36H49N3O6/c1-9-44-25-17-15-24(16-18-25)37-30(41)27-28-32(43)39(26(20-40)23-13-11-10-12-14-23)29(36(28)19-22(2)35(27,8)45-36)31(42)38-34(6,7)21-33(3,4)5/h10-18,22,26-29,40H,9,19-21H2,1-8H3,(H,37,41)(H,38,42)/t22?,26-,27+,28+,29?,35-,36?/m1/s1. The van der Waals surface area contributed by atoms with E-state index in [-0.39, 0.29) is 35.7 Å². The molecule has 3 aliphatic heterocycles. The topological polar surface area (TPSA) is 117 Å². The maximum absolute atomic E-state index is 14.7. The van der Waals surface area contributed by atoms with Crippen LogP contribution in [-0.4, -0.2) is 63.7 Å². The van der Waals surface area contributed by atoms with Crippen LogP contribution in [0.3, 0.4) is 0 Å². The second-order valence-electron chi connectivity index (χ2n) is 15.1. The highest BCUT2D eigenvalue weighted by Gasteiger charge is 2.80. The fraction of sp³-hybridized carbons (Fsp3) is 0.583. The van der Waals surface area contributed by atoms with Gasteiger partial charge in [0, 0.05) is 11.2 Å². The quantitative estimate of drug-likeness (QED) is 0.341. The van der Waals surface area contributed by atoms with Crippen molar-refractivity contribution in [1.29, 1.82) is 0 Å². The van der Waals surface area contributed by atoms with Crippen LogP contribution < -0.4 is 15.4 Å². The number of ether oxygens (including phenoxy) is 2. The van der Waals surface area contributed by atoms with E-state index < -0.39 is 40.7 Å². The van der Waals surface area contributed by atoms with Gasteiger partial charge in [0.1, 0.15) is 17.4 Å². The molecule has 3 fully saturated rings. The van der Waals surface area contributed by atoms with Crippen molar-refractivity contribution in [3.63, 3.8) is 0 Å². The summed E-state index contributed by atoms with van der Waals surface area (Å²) in [7, 11) is 0. The fourth-order valence-electron chi connectivity index (χ4n) is 8.53. The first-order chi connectivity index (χ1) is 21.1. The summed E-state index contributed by atoms with van der Waals surface area (Å²) in [6.45, 7) is 16.3. The van der Waals surface area contributed by atoms with Gasteiger partial charge in [-0.25, -0.2) is 0 Å². The molecular formula is C36H49N3O6. The normalized spacial score (nSPS) is 29.8. The number of hydrogen-bond acceptors (Lipinski definition) is 6. The zero-order valence-electron chi connectivity index (χ0n) is 27.8. The Morgan fingerprint density at radius 3 is 2.29 bits per heavy atom. The molecule has 3 aliphatic rings. The van der Waals surface area contributed by atoms with Crippen molar-refractivity contribution in [3.8, 4) is 5.75 Å². The van der Waals surface area contributed by atoms with Crippen molar-refractivity contribution in [2.45, 2.75) is 97.1 Å². The van der Waals surface area contributed by atoms with E-state index >= 15 is 0 Å². The van der Waals surface area contributed by atoms with Crippen LogP contribution in [0.25, 0.3) is 0 Å². The summed E-state index contributed by atoms with van der Waals surface area (Å²) in [6, 6.07) is 14.5. The summed E-state index contributed by atoms with van der Waals surface area (Å²) in [5.74, 6) is -2.19. The van der Waals surface area contributed by atoms with Gasteiger partial charge < -0.3 is 30.1 Å². The highest BCUT2D eigenvalue weighted by molar-refractivity contribution is 6.02. The number of hydrogen-bond donors (Lipinski definition) is 3. The number of benzene rings is 2. The molecule has 2 bridgehead atoms. The van der Waals surface area contributed by atoms with Crippen LogP contribution >= 0.6 is 0 Å². The van der Waals surface area contributed by atoms with Crippen LogP contribution in [0, 0.1) is 23.2 Å². The second-order valence-corrected chi connectivity index (χ2v) is 15.1. The summed E-state index contributed by atoms with van der Waals surface area (Å²) < 4.78 is 12.4. The number of carbonyl (C=O) groups is 3. The van der Waals surface area contributed by atoms with Gasteiger partial charge in [0.15, 0.2) is 0 Å². The first kappa shape index (κ1) is 32.9. The Kier molecular flexibility index (Phi) is 8.59. The molecule has 0 radical (unpaired) electrons. The number of fused-ring (bicyclic) bond motifs is 1. The first-order valence-corrected chi connectivity index (χ1v) is 16.1. The number of nitrogens with zero attached hydrogens (tertiary/aromatic N) is 1. The smallest absolute Gasteiger partial charge is 0.246 e. The van der Waals surface area contributed by atoms with Crippen LogP contribution in [0.1, 0.15) is 79.8 Å². The van der Waals surface area contributed by atoms with Gasteiger partial charge in [-0.3, -0.25) is 14.4 Å². The lowest BCUT2D eigenvalue weighted by Gasteiger charge is -2.40. The number of likely N-dealkylation sites (tertiary alicyclic amines) is 1. The lowest BCUT2D eigenvalue weighted by molar-refractivity contribution is -0.150. The van der Waals surface area contributed by atoms with Gasteiger partial charge in [0.2, 0.25) is 17.7 Å². The number of aliphatic hydroxyl groups is 1. The predicted octanol–water partition coefficient (Wildman–Crippen LogP) is 5.10. The molecule has 9 nitrogen and oxygen atoms in total. The minimum absolute atomic E-state index is 0.0607. The highest BCUT2D eigenvalue weighted by atomic mass is 16.5. The number of nitrogens with one attached hydrogen (secondary N) is 2. The molecule has 0 aromatic heterocycles. The Morgan fingerprint density at radius 2 is 1.71 bits per heavy atom. The Labute approximate surface area is 267 Å². The molecular weight excluding hydrogens is 570 g/mol. The molecule has 3 N–H and O–H groups in total. The number of anilines is 1. The lowest BCUT2D eigenvalue weighted by atomic mass is 9.62. The Hall–Kier alpha value is -3.43. The summed E-state index contributed by atoms with van der Waals surface area (Å²) in [6.07, 6.45) is 1.14. The molecule has 3 unspecified atom stereocenters. The largest absolute Gasteiger partial charge is 0.494 e. The van der Waals surface area contributed by atoms with Gasteiger partial charge in [0.25, 0.3) is 0 Å². The van der Waals surface area contributed by atoms with Crippen molar-refractivity contribution >= 4 is 23.4 Å². The molecule has 3 saturated heterocycles. The number of carbonyl (C=O) groups excluding carboxylic acids is 3. The van der Waals surface area contributed by atoms with E-state index in [1.165, 1.54) is 4.90 Å².